The van der Waals surface area contributed by atoms with Crippen LogP contribution in [0.4, 0.5) is 0 Å². The van der Waals surface area contributed by atoms with Gasteiger partial charge in [-0.2, -0.15) is 0 Å². The van der Waals surface area contributed by atoms with E-state index < -0.39 is 0 Å². The first kappa shape index (κ1) is 8.27. The number of rotatable bonds is 0. The van der Waals surface area contributed by atoms with Crippen molar-refractivity contribution in [2.24, 2.45) is 0 Å². The zero-order valence-corrected chi connectivity index (χ0v) is 8.52. The van der Waals surface area contributed by atoms with E-state index in [0.717, 1.165) is 25.9 Å². The summed E-state index contributed by atoms with van der Waals surface area (Å²) in [6.07, 6.45) is 2.31. The lowest BCUT2D eigenvalue weighted by atomic mass is 10.0. The molecule has 0 spiro atoms. The van der Waals surface area contributed by atoms with Crippen LogP contribution >= 0.6 is 15.9 Å². The first-order chi connectivity index (χ1) is 5.88. The van der Waals surface area contributed by atoms with Gasteiger partial charge in [-0.25, -0.2) is 0 Å². The molecule has 1 heterocycles. The molecular formula is C10H12BrN. The van der Waals surface area contributed by atoms with Crippen LogP contribution in [-0.4, -0.2) is 13.1 Å². The lowest BCUT2D eigenvalue weighted by Gasteiger charge is -2.05. The van der Waals surface area contributed by atoms with Gasteiger partial charge in [0.2, 0.25) is 0 Å². The molecule has 64 valence electrons. The van der Waals surface area contributed by atoms with Crippen LogP contribution in [0.25, 0.3) is 0 Å². The van der Waals surface area contributed by atoms with Crippen molar-refractivity contribution in [2.75, 3.05) is 13.1 Å². The average Bonchev–Trinajstić information content (AvgIpc) is 2.30. The summed E-state index contributed by atoms with van der Waals surface area (Å²) in [5.41, 5.74) is 2.98. The van der Waals surface area contributed by atoms with E-state index in [1.165, 1.54) is 15.6 Å². The highest BCUT2D eigenvalue weighted by Crippen LogP contribution is 2.22. The molecule has 1 N–H and O–H groups in total. The van der Waals surface area contributed by atoms with Crippen LogP contribution in [0.15, 0.2) is 22.7 Å². The topological polar surface area (TPSA) is 12.0 Å². The molecule has 1 nitrogen and oxygen atoms in total. The Hall–Kier alpha value is -0.340. The van der Waals surface area contributed by atoms with Crippen LogP contribution in [0, 0.1) is 0 Å². The predicted molar refractivity (Wildman–Crippen MR) is 54.4 cm³/mol. The quantitative estimate of drug-likeness (QED) is 0.714. The Morgan fingerprint density at radius 2 is 2.00 bits per heavy atom. The normalized spacial score (nSPS) is 16.8. The molecule has 0 radical (unpaired) electrons. The summed E-state index contributed by atoms with van der Waals surface area (Å²) in [6, 6.07) is 6.48. The van der Waals surface area contributed by atoms with Crippen molar-refractivity contribution in [3.8, 4) is 0 Å². The Labute approximate surface area is 81.3 Å². The van der Waals surface area contributed by atoms with Crippen molar-refractivity contribution < 1.29 is 0 Å². The molecule has 1 aliphatic heterocycles. The van der Waals surface area contributed by atoms with E-state index in [4.69, 9.17) is 0 Å². The van der Waals surface area contributed by atoms with Gasteiger partial charge in [-0.1, -0.05) is 28.1 Å². The molecule has 1 aliphatic rings. The fourth-order valence-corrected chi connectivity index (χ4v) is 2.28. The molecular weight excluding hydrogens is 214 g/mol. The molecule has 1 aromatic rings. The second-order valence-corrected chi connectivity index (χ2v) is 3.98. The molecule has 0 unspecified atom stereocenters. The minimum absolute atomic E-state index is 1.11. The van der Waals surface area contributed by atoms with E-state index in [1.807, 2.05) is 0 Å². The average molecular weight is 226 g/mol. The second-order valence-electron chi connectivity index (χ2n) is 3.13. The molecule has 0 atom stereocenters. The van der Waals surface area contributed by atoms with Crippen molar-refractivity contribution in [2.45, 2.75) is 12.8 Å². The summed E-state index contributed by atoms with van der Waals surface area (Å²) in [5.74, 6) is 0. The van der Waals surface area contributed by atoms with Crippen LogP contribution in [0.1, 0.15) is 11.1 Å². The van der Waals surface area contributed by atoms with Gasteiger partial charge in [0.1, 0.15) is 0 Å². The number of benzene rings is 1. The second kappa shape index (κ2) is 3.58. The summed E-state index contributed by atoms with van der Waals surface area (Å²) in [4.78, 5) is 0. The number of fused-ring (bicyclic) bond motifs is 1. The molecule has 0 fully saturated rings. The molecule has 12 heavy (non-hydrogen) atoms. The Balaban J connectivity index is 2.42. The van der Waals surface area contributed by atoms with E-state index >= 15 is 0 Å². The van der Waals surface area contributed by atoms with Crippen molar-refractivity contribution in [1.29, 1.82) is 0 Å². The minimum atomic E-state index is 1.11. The first-order valence-electron chi connectivity index (χ1n) is 4.35. The van der Waals surface area contributed by atoms with Crippen molar-refractivity contribution in [3.63, 3.8) is 0 Å². The number of hydrogen-bond acceptors (Lipinski definition) is 1. The SMILES string of the molecule is Brc1cccc2c1CCNCC2. The van der Waals surface area contributed by atoms with Gasteiger partial charge in [-0.15, -0.1) is 0 Å². The predicted octanol–water partition coefficient (Wildman–Crippen LogP) is 2.14. The van der Waals surface area contributed by atoms with Gasteiger partial charge < -0.3 is 5.32 Å². The lowest BCUT2D eigenvalue weighted by Crippen LogP contribution is -2.16. The summed E-state index contributed by atoms with van der Waals surface area (Å²) >= 11 is 3.59. The summed E-state index contributed by atoms with van der Waals surface area (Å²) < 4.78 is 1.27. The van der Waals surface area contributed by atoms with E-state index in [0.29, 0.717) is 0 Å². The number of hydrogen-bond donors (Lipinski definition) is 1. The van der Waals surface area contributed by atoms with Crippen LogP contribution in [0.5, 0.6) is 0 Å². The highest BCUT2D eigenvalue weighted by atomic mass is 79.9. The van der Waals surface area contributed by atoms with Gasteiger partial charge in [0.25, 0.3) is 0 Å². The molecule has 0 saturated heterocycles. The summed E-state index contributed by atoms with van der Waals surface area (Å²) in [7, 11) is 0. The smallest absolute Gasteiger partial charge is 0.0210 e. The van der Waals surface area contributed by atoms with Crippen molar-refractivity contribution in [3.05, 3.63) is 33.8 Å². The van der Waals surface area contributed by atoms with Gasteiger partial charge in [0.15, 0.2) is 0 Å². The summed E-state index contributed by atoms with van der Waals surface area (Å²) in [6.45, 7) is 2.22. The molecule has 1 aromatic carbocycles. The third-order valence-electron chi connectivity index (χ3n) is 2.34. The van der Waals surface area contributed by atoms with E-state index in [-0.39, 0.29) is 0 Å². The van der Waals surface area contributed by atoms with Gasteiger partial charge in [-0.3, -0.25) is 0 Å². The maximum atomic E-state index is 3.59. The highest BCUT2D eigenvalue weighted by molar-refractivity contribution is 9.10. The lowest BCUT2D eigenvalue weighted by molar-refractivity contribution is 0.710. The molecule has 0 aliphatic carbocycles. The summed E-state index contributed by atoms with van der Waals surface area (Å²) in [5, 5.41) is 3.40. The van der Waals surface area contributed by atoms with Crippen LogP contribution in [0.3, 0.4) is 0 Å². The number of halogens is 1. The van der Waals surface area contributed by atoms with Crippen LogP contribution in [0.2, 0.25) is 0 Å². The molecule has 0 saturated carbocycles. The zero-order chi connectivity index (χ0) is 8.39. The molecule has 0 amide bonds. The molecule has 0 bridgehead atoms. The Morgan fingerprint density at radius 1 is 1.17 bits per heavy atom. The van der Waals surface area contributed by atoms with Crippen molar-refractivity contribution >= 4 is 15.9 Å². The van der Waals surface area contributed by atoms with E-state index in [9.17, 15) is 0 Å². The van der Waals surface area contributed by atoms with Gasteiger partial charge in [0, 0.05) is 4.47 Å². The Bertz CT molecular complexity index is 283. The number of nitrogens with one attached hydrogen (secondary N) is 1. The Kier molecular flexibility index (Phi) is 2.47. The van der Waals surface area contributed by atoms with Gasteiger partial charge >= 0.3 is 0 Å². The fourth-order valence-electron chi connectivity index (χ4n) is 1.68. The molecule has 0 aromatic heterocycles. The Morgan fingerprint density at radius 3 is 2.92 bits per heavy atom. The fraction of sp³-hybridized carbons (Fsp3) is 0.400. The first-order valence-corrected chi connectivity index (χ1v) is 5.14. The maximum Gasteiger partial charge on any atom is 0.0210 e. The van der Waals surface area contributed by atoms with Crippen LogP contribution < -0.4 is 5.32 Å². The van der Waals surface area contributed by atoms with E-state index in [2.05, 4.69) is 39.4 Å². The third kappa shape index (κ3) is 1.54. The minimum Gasteiger partial charge on any atom is -0.316 e. The van der Waals surface area contributed by atoms with Crippen molar-refractivity contribution in [1.82, 2.24) is 5.32 Å². The van der Waals surface area contributed by atoms with E-state index in [1.54, 1.807) is 0 Å². The maximum absolute atomic E-state index is 3.59. The molecule has 2 heteroatoms. The highest BCUT2D eigenvalue weighted by Gasteiger charge is 2.08. The monoisotopic (exact) mass is 225 g/mol. The van der Waals surface area contributed by atoms with Gasteiger partial charge in [0.05, 0.1) is 0 Å². The largest absolute Gasteiger partial charge is 0.316 e. The van der Waals surface area contributed by atoms with Gasteiger partial charge in [-0.05, 0) is 43.1 Å². The van der Waals surface area contributed by atoms with Crippen LogP contribution in [-0.2, 0) is 12.8 Å². The molecule has 2 rings (SSSR count). The third-order valence-corrected chi connectivity index (χ3v) is 3.08. The zero-order valence-electron chi connectivity index (χ0n) is 6.94. The standard InChI is InChI=1S/C10H12BrN/c11-10-3-1-2-8-4-6-12-7-5-9(8)10/h1-3,12H,4-7H2.